The zero-order valence-electron chi connectivity index (χ0n) is 17.2. The third-order valence-corrected chi connectivity index (χ3v) is 5.26. The Balaban J connectivity index is 0.00000256. The molecule has 0 spiro atoms. The molecule has 30 heavy (non-hydrogen) atoms. The number of hydrogen-bond donors (Lipinski definition) is 2. The van der Waals surface area contributed by atoms with Gasteiger partial charge in [0, 0.05) is 31.9 Å². The summed E-state index contributed by atoms with van der Waals surface area (Å²) in [5, 5.41) is 11.3. The fraction of sp³-hybridized carbons (Fsp3) is 0.364. The van der Waals surface area contributed by atoms with Crippen LogP contribution < -0.4 is 10.6 Å². The summed E-state index contributed by atoms with van der Waals surface area (Å²) in [4.78, 5) is 6.84. The molecule has 0 saturated carbocycles. The second-order valence-corrected chi connectivity index (χ2v) is 7.21. The zero-order valence-corrected chi connectivity index (χ0v) is 19.5. The number of halogens is 1. The third kappa shape index (κ3) is 5.63. The highest BCUT2D eigenvalue weighted by molar-refractivity contribution is 14.0. The first kappa shape index (κ1) is 22.4. The van der Waals surface area contributed by atoms with Gasteiger partial charge in [-0.1, -0.05) is 18.2 Å². The van der Waals surface area contributed by atoms with Crippen LogP contribution in [0.25, 0.3) is 5.69 Å². The highest BCUT2D eigenvalue weighted by Crippen LogP contribution is 2.24. The van der Waals surface area contributed by atoms with Gasteiger partial charge in [-0.2, -0.15) is 5.10 Å². The van der Waals surface area contributed by atoms with Gasteiger partial charge in [0.15, 0.2) is 5.96 Å². The normalized spacial score (nSPS) is 15.6. The van der Waals surface area contributed by atoms with Crippen LogP contribution in [0.1, 0.15) is 30.2 Å². The van der Waals surface area contributed by atoms with Crippen LogP contribution in [0.3, 0.4) is 0 Å². The molecule has 1 aliphatic heterocycles. The quantitative estimate of drug-likeness (QED) is 0.283. The fourth-order valence-corrected chi connectivity index (χ4v) is 3.72. The Kier molecular flexibility index (Phi) is 8.32. The van der Waals surface area contributed by atoms with Gasteiger partial charge in [0.2, 0.25) is 0 Å². The van der Waals surface area contributed by atoms with Gasteiger partial charge >= 0.3 is 0 Å². The Hall–Kier alpha value is -2.33. The number of rotatable bonds is 7. The number of furan rings is 1. The maximum absolute atomic E-state index is 5.70. The highest BCUT2D eigenvalue weighted by atomic mass is 127. The smallest absolute Gasteiger partial charge is 0.191 e. The number of guanidine groups is 1. The summed E-state index contributed by atoms with van der Waals surface area (Å²) >= 11 is 0. The molecular formula is C22H29IN6O. The molecule has 1 fully saturated rings. The van der Waals surface area contributed by atoms with Crippen LogP contribution in [0.15, 0.2) is 70.5 Å². The summed E-state index contributed by atoms with van der Waals surface area (Å²) in [5.74, 6) is 1.77. The lowest BCUT2D eigenvalue weighted by molar-refractivity contribution is 0.215. The maximum atomic E-state index is 5.70. The molecule has 1 saturated heterocycles. The average Bonchev–Trinajstić information content (AvgIpc) is 3.54. The first-order chi connectivity index (χ1) is 14.3. The molecule has 2 N–H and O–H groups in total. The Labute approximate surface area is 194 Å². The molecule has 1 aliphatic rings. The summed E-state index contributed by atoms with van der Waals surface area (Å²) in [5.41, 5.74) is 2.15. The lowest BCUT2D eigenvalue weighted by atomic mass is 10.2. The van der Waals surface area contributed by atoms with Crippen molar-refractivity contribution in [3.05, 3.63) is 72.4 Å². The molecule has 2 aromatic heterocycles. The monoisotopic (exact) mass is 520 g/mol. The standard InChI is InChI=1S/C22H28N6O.HI/c1-23-22(24-14-18-15-26-28(17-18)19-8-3-2-4-9-19)25-16-20(21-10-7-13-29-21)27-11-5-6-12-27;/h2-4,7-10,13,15,17,20H,5-6,11-12,14,16H2,1H3,(H2,23,24,25);1H. The predicted molar refractivity (Wildman–Crippen MR) is 129 cm³/mol. The summed E-state index contributed by atoms with van der Waals surface area (Å²) in [6.45, 7) is 3.62. The van der Waals surface area contributed by atoms with Crippen molar-refractivity contribution < 1.29 is 4.42 Å². The van der Waals surface area contributed by atoms with Crippen LogP contribution in [0.4, 0.5) is 0 Å². The Bertz CT molecular complexity index is 903. The topological polar surface area (TPSA) is 70.6 Å². The van der Waals surface area contributed by atoms with Crippen molar-refractivity contribution in [2.45, 2.75) is 25.4 Å². The van der Waals surface area contributed by atoms with Gasteiger partial charge in [-0.05, 0) is 50.2 Å². The average molecular weight is 520 g/mol. The van der Waals surface area contributed by atoms with E-state index in [9.17, 15) is 0 Å². The Morgan fingerprint density at radius 1 is 1.13 bits per heavy atom. The van der Waals surface area contributed by atoms with Gasteiger partial charge in [-0.25, -0.2) is 4.68 Å². The molecular weight excluding hydrogens is 491 g/mol. The van der Waals surface area contributed by atoms with E-state index in [1.807, 2.05) is 53.5 Å². The van der Waals surface area contributed by atoms with Crippen molar-refractivity contribution in [3.8, 4) is 5.69 Å². The number of likely N-dealkylation sites (tertiary alicyclic amines) is 1. The van der Waals surface area contributed by atoms with E-state index < -0.39 is 0 Å². The minimum Gasteiger partial charge on any atom is -0.468 e. The van der Waals surface area contributed by atoms with Crippen LogP contribution in [-0.4, -0.2) is 47.3 Å². The molecule has 4 rings (SSSR count). The Morgan fingerprint density at radius 3 is 2.63 bits per heavy atom. The van der Waals surface area contributed by atoms with Crippen LogP contribution in [0.5, 0.6) is 0 Å². The van der Waals surface area contributed by atoms with Gasteiger partial charge in [0.25, 0.3) is 0 Å². The van der Waals surface area contributed by atoms with Crippen molar-refractivity contribution in [1.82, 2.24) is 25.3 Å². The van der Waals surface area contributed by atoms with E-state index in [0.29, 0.717) is 6.54 Å². The van der Waals surface area contributed by atoms with E-state index in [0.717, 1.165) is 42.6 Å². The number of aliphatic imine (C=N–C) groups is 1. The highest BCUT2D eigenvalue weighted by Gasteiger charge is 2.25. The van der Waals surface area contributed by atoms with E-state index in [1.54, 1.807) is 13.3 Å². The van der Waals surface area contributed by atoms with Crippen LogP contribution in [0, 0.1) is 0 Å². The minimum absolute atomic E-state index is 0. The summed E-state index contributed by atoms with van der Waals surface area (Å²) in [6, 6.07) is 14.3. The van der Waals surface area contributed by atoms with Crippen LogP contribution in [-0.2, 0) is 6.54 Å². The third-order valence-electron chi connectivity index (χ3n) is 5.26. The lowest BCUT2D eigenvalue weighted by Gasteiger charge is -2.26. The molecule has 3 heterocycles. The molecule has 0 bridgehead atoms. The van der Waals surface area contributed by atoms with E-state index in [4.69, 9.17) is 4.42 Å². The van der Waals surface area contributed by atoms with Crippen molar-refractivity contribution in [2.75, 3.05) is 26.7 Å². The molecule has 8 heteroatoms. The number of benzene rings is 1. The van der Waals surface area contributed by atoms with Crippen molar-refractivity contribution in [2.24, 2.45) is 4.99 Å². The lowest BCUT2D eigenvalue weighted by Crippen LogP contribution is -2.42. The summed E-state index contributed by atoms with van der Waals surface area (Å²) < 4.78 is 7.58. The van der Waals surface area contributed by atoms with Crippen LogP contribution in [0.2, 0.25) is 0 Å². The van der Waals surface area contributed by atoms with Gasteiger partial charge in [-0.15, -0.1) is 24.0 Å². The predicted octanol–water partition coefficient (Wildman–Crippen LogP) is 3.59. The second-order valence-electron chi connectivity index (χ2n) is 7.21. The molecule has 1 atom stereocenters. The van der Waals surface area contributed by atoms with Crippen molar-refractivity contribution >= 4 is 29.9 Å². The van der Waals surface area contributed by atoms with Crippen molar-refractivity contribution in [3.63, 3.8) is 0 Å². The first-order valence-electron chi connectivity index (χ1n) is 10.1. The number of hydrogen-bond acceptors (Lipinski definition) is 4. The summed E-state index contributed by atoms with van der Waals surface area (Å²) in [6.07, 6.45) is 8.15. The number of aromatic nitrogens is 2. The molecule has 7 nitrogen and oxygen atoms in total. The number of para-hydroxylation sites is 1. The van der Waals surface area contributed by atoms with E-state index >= 15 is 0 Å². The SMILES string of the molecule is CN=C(NCc1cnn(-c2ccccc2)c1)NCC(c1ccco1)N1CCCC1.I. The maximum Gasteiger partial charge on any atom is 0.191 e. The molecule has 0 amide bonds. The Morgan fingerprint density at radius 2 is 1.93 bits per heavy atom. The van der Waals surface area contributed by atoms with E-state index in [2.05, 4.69) is 31.7 Å². The zero-order chi connectivity index (χ0) is 19.9. The van der Waals surface area contributed by atoms with E-state index in [-0.39, 0.29) is 30.0 Å². The molecule has 160 valence electrons. The van der Waals surface area contributed by atoms with Gasteiger partial charge in [0.05, 0.1) is 24.2 Å². The minimum atomic E-state index is 0. The molecule has 0 radical (unpaired) electrons. The van der Waals surface area contributed by atoms with Gasteiger partial charge in [0.1, 0.15) is 5.76 Å². The van der Waals surface area contributed by atoms with Gasteiger partial charge in [-0.3, -0.25) is 9.89 Å². The summed E-state index contributed by atoms with van der Waals surface area (Å²) in [7, 11) is 1.79. The van der Waals surface area contributed by atoms with E-state index in [1.165, 1.54) is 12.8 Å². The first-order valence-corrected chi connectivity index (χ1v) is 10.1. The molecule has 1 aromatic carbocycles. The number of nitrogens with one attached hydrogen (secondary N) is 2. The fourth-order valence-electron chi connectivity index (χ4n) is 3.72. The molecule has 3 aromatic rings. The van der Waals surface area contributed by atoms with Crippen LogP contribution >= 0.6 is 24.0 Å². The molecule has 1 unspecified atom stereocenters. The molecule has 0 aliphatic carbocycles. The van der Waals surface area contributed by atoms with Crippen molar-refractivity contribution in [1.29, 1.82) is 0 Å². The van der Waals surface area contributed by atoms with Gasteiger partial charge < -0.3 is 15.1 Å². The largest absolute Gasteiger partial charge is 0.468 e. The second kappa shape index (κ2) is 11.2. The number of nitrogens with zero attached hydrogens (tertiary/aromatic N) is 4.